The third kappa shape index (κ3) is 2.86. The van der Waals surface area contributed by atoms with E-state index in [1.54, 1.807) is 0 Å². The summed E-state index contributed by atoms with van der Waals surface area (Å²) in [6.45, 7) is 0. The number of furan rings is 1. The van der Waals surface area contributed by atoms with Gasteiger partial charge in [0.2, 0.25) is 5.58 Å². The summed E-state index contributed by atoms with van der Waals surface area (Å²) in [6.07, 6.45) is 0. The maximum atomic E-state index is 13.4. The second-order valence-electron chi connectivity index (χ2n) is 6.17. The molecule has 0 aliphatic rings. The Morgan fingerprint density at radius 2 is 1.68 bits per heavy atom. The molecule has 0 aliphatic carbocycles. The monoisotopic (exact) mass is 390 g/mol. The Morgan fingerprint density at radius 1 is 0.893 bits per heavy atom. The van der Waals surface area contributed by atoms with Crippen molar-refractivity contribution >= 4 is 33.7 Å². The molecule has 4 nitrogen and oxygen atoms in total. The number of nitrogens with zero attached hydrogens (tertiary/aromatic N) is 2. The Hall–Kier alpha value is -3.44. The van der Waals surface area contributed by atoms with Gasteiger partial charge in [-0.3, -0.25) is 0 Å². The summed E-state index contributed by atoms with van der Waals surface area (Å²) in [4.78, 5) is 9.24. The van der Waals surface area contributed by atoms with E-state index in [2.05, 4.69) is 4.98 Å². The van der Waals surface area contributed by atoms with E-state index in [0.29, 0.717) is 22.5 Å². The number of ether oxygens (including phenoxy) is 1. The van der Waals surface area contributed by atoms with Gasteiger partial charge < -0.3 is 9.15 Å². The molecule has 28 heavy (non-hydrogen) atoms. The van der Waals surface area contributed by atoms with Crippen LogP contribution in [0.25, 0.3) is 33.5 Å². The van der Waals surface area contributed by atoms with E-state index in [1.807, 2.05) is 54.6 Å². The van der Waals surface area contributed by atoms with Gasteiger partial charge in [0.15, 0.2) is 5.82 Å². The van der Waals surface area contributed by atoms with E-state index in [4.69, 9.17) is 25.7 Å². The lowest BCUT2D eigenvalue weighted by Gasteiger charge is -2.09. The van der Waals surface area contributed by atoms with Crippen LogP contribution < -0.4 is 4.74 Å². The van der Waals surface area contributed by atoms with Crippen molar-refractivity contribution in [3.05, 3.63) is 83.6 Å². The summed E-state index contributed by atoms with van der Waals surface area (Å²) in [5, 5.41) is 0.997. The van der Waals surface area contributed by atoms with Crippen LogP contribution in [0.4, 0.5) is 4.39 Å². The lowest BCUT2D eigenvalue weighted by molar-refractivity contribution is 0.456. The Morgan fingerprint density at radius 3 is 2.50 bits per heavy atom. The average molecular weight is 391 g/mol. The van der Waals surface area contributed by atoms with Crippen LogP contribution in [0.1, 0.15) is 0 Å². The average Bonchev–Trinajstić information content (AvgIpc) is 3.10. The quantitative estimate of drug-likeness (QED) is 0.347. The fraction of sp³-hybridized carbons (Fsp3) is 0. The van der Waals surface area contributed by atoms with E-state index >= 15 is 0 Å². The van der Waals surface area contributed by atoms with Crippen LogP contribution in [0.5, 0.6) is 11.6 Å². The summed E-state index contributed by atoms with van der Waals surface area (Å²) in [5.74, 6) is 0.544. The molecule has 0 aliphatic heterocycles. The molecule has 0 fully saturated rings. The SMILES string of the molecule is Fc1ccc(Oc2nc(-c3ccccc3)nc3c2oc2ccccc23)c(Cl)c1. The number of benzene rings is 3. The van der Waals surface area contributed by atoms with Gasteiger partial charge in [-0.15, -0.1) is 0 Å². The molecule has 6 heteroatoms. The summed E-state index contributed by atoms with van der Waals surface area (Å²) >= 11 is 6.13. The minimum atomic E-state index is -0.445. The standard InChI is InChI=1S/C22H12ClFN2O2/c23-16-12-14(24)10-11-18(16)28-22-20-19(15-8-4-5-9-17(15)27-20)25-21(26-22)13-6-2-1-3-7-13/h1-12H. The van der Waals surface area contributed by atoms with Gasteiger partial charge in [-0.05, 0) is 30.3 Å². The third-order valence-electron chi connectivity index (χ3n) is 4.32. The second kappa shape index (κ2) is 6.62. The molecule has 3 aromatic carbocycles. The molecule has 5 aromatic rings. The molecule has 0 saturated carbocycles. The number of aromatic nitrogens is 2. The Kier molecular flexibility index (Phi) is 3.95. The van der Waals surface area contributed by atoms with E-state index in [1.165, 1.54) is 18.2 Å². The van der Waals surface area contributed by atoms with Gasteiger partial charge in [0, 0.05) is 10.9 Å². The molecule has 0 radical (unpaired) electrons. The van der Waals surface area contributed by atoms with E-state index < -0.39 is 5.82 Å². The predicted molar refractivity (Wildman–Crippen MR) is 106 cm³/mol. The van der Waals surface area contributed by atoms with Crippen LogP contribution >= 0.6 is 11.6 Å². The first-order chi connectivity index (χ1) is 13.7. The van der Waals surface area contributed by atoms with Gasteiger partial charge in [0.1, 0.15) is 22.7 Å². The molecule has 5 rings (SSSR count). The van der Waals surface area contributed by atoms with Crippen molar-refractivity contribution in [3.63, 3.8) is 0 Å². The highest BCUT2D eigenvalue weighted by atomic mass is 35.5. The first-order valence-electron chi connectivity index (χ1n) is 8.56. The van der Waals surface area contributed by atoms with Crippen molar-refractivity contribution in [2.45, 2.75) is 0 Å². The van der Waals surface area contributed by atoms with E-state index in [0.717, 1.165) is 10.9 Å². The third-order valence-corrected chi connectivity index (χ3v) is 4.62. The number of rotatable bonds is 3. The summed E-state index contributed by atoms with van der Waals surface area (Å²) < 4.78 is 25.2. The zero-order valence-electron chi connectivity index (χ0n) is 14.4. The van der Waals surface area contributed by atoms with Crippen molar-refractivity contribution in [1.82, 2.24) is 9.97 Å². The smallest absolute Gasteiger partial charge is 0.267 e. The highest BCUT2D eigenvalue weighted by Crippen LogP contribution is 2.37. The van der Waals surface area contributed by atoms with Crippen molar-refractivity contribution in [2.75, 3.05) is 0 Å². The molecule has 0 unspecified atom stereocenters. The maximum Gasteiger partial charge on any atom is 0.267 e. The van der Waals surface area contributed by atoms with E-state index in [9.17, 15) is 4.39 Å². The molecule has 0 spiro atoms. The minimum Gasteiger partial charge on any atom is -0.449 e. The highest BCUT2D eigenvalue weighted by molar-refractivity contribution is 6.32. The van der Waals surface area contributed by atoms with Crippen LogP contribution in [0.15, 0.2) is 77.2 Å². The molecule has 0 bridgehead atoms. The minimum absolute atomic E-state index is 0.143. The van der Waals surface area contributed by atoms with Gasteiger partial charge in [0.25, 0.3) is 5.88 Å². The van der Waals surface area contributed by atoms with Gasteiger partial charge in [-0.1, -0.05) is 54.1 Å². The first kappa shape index (κ1) is 16.7. The van der Waals surface area contributed by atoms with Gasteiger partial charge in [-0.25, -0.2) is 9.37 Å². The van der Waals surface area contributed by atoms with Crippen LogP contribution in [0.3, 0.4) is 0 Å². The van der Waals surface area contributed by atoms with E-state index in [-0.39, 0.29) is 16.7 Å². The first-order valence-corrected chi connectivity index (χ1v) is 8.94. The highest BCUT2D eigenvalue weighted by Gasteiger charge is 2.19. The molecule has 2 aromatic heterocycles. The molecule has 0 N–H and O–H groups in total. The molecule has 0 amide bonds. The van der Waals surface area contributed by atoms with Crippen molar-refractivity contribution in [3.8, 4) is 23.0 Å². The Labute approximate surface area is 164 Å². The summed E-state index contributed by atoms with van der Waals surface area (Å²) in [7, 11) is 0. The number of fused-ring (bicyclic) bond motifs is 3. The predicted octanol–water partition coefficient (Wildman–Crippen LogP) is 6.63. The second-order valence-corrected chi connectivity index (χ2v) is 6.58. The van der Waals surface area contributed by atoms with Gasteiger partial charge in [-0.2, -0.15) is 4.98 Å². The topological polar surface area (TPSA) is 48.2 Å². The fourth-order valence-corrected chi connectivity index (χ4v) is 3.22. The molecular formula is C22H12ClFN2O2. The van der Waals surface area contributed by atoms with Crippen LogP contribution in [0.2, 0.25) is 5.02 Å². The Balaban J connectivity index is 1.76. The number of hydrogen-bond acceptors (Lipinski definition) is 4. The lowest BCUT2D eigenvalue weighted by atomic mass is 10.2. The normalized spacial score (nSPS) is 11.2. The van der Waals surface area contributed by atoms with Crippen LogP contribution in [-0.2, 0) is 0 Å². The van der Waals surface area contributed by atoms with Crippen molar-refractivity contribution in [2.24, 2.45) is 0 Å². The Bertz CT molecular complexity index is 1320. The fourth-order valence-electron chi connectivity index (χ4n) is 3.01. The van der Waals surface area contributed by atoms with Crippen molar-refractivity contribution < 1.29 is 13.5 Å². The van der Waals surface area contributed by atoms with Gasteiger partial charge >= 0.3 is 0 Å². The lowest BCUT2D eigenvalue weighted by Crippen LogP contribution is -1.95. The van der Waals surface area contributed by atoms with Crippen molar-refractivity contribution in [1.29, 1.82) is 0 Å². The van der Waals surface area contributed by atoms with Gasteiger partial charge in [0.05, 0.1) is 5.02 Å². The largest absolute Gasteiger partial charge is 0.449 e. The number of hydrogen-bond donors (Lipinski definition) is 0. The number of para-hydroxylation sites is 1. The zero-order valence-corrected chi connectivity index (χ0v) is 15.2. The molecule has 2 heterocycles. The molecular weight excluding hydrogens is 379 g/mol. The summed E-state index contributed by atoms with van der Waals surface area (Å²) in [5.41, 5.74) is 2.55. The summed E-state index contributed by atoms with van der Waals surface area (Å²) in [6, 6.07) is 21.1. The molecule has 0 atom stereocenters. The van der Waals surface area contributed by atoms with Crippen LogP contribution in [0, 0.1) is 5.82 Å². The zero-order chi connectivity index (χ0) is 19.1. The number of halogens is 2. The maximum absolute atomic E-state index is 13.4. The van der Waals surface area contributed by atoms with Crippen LogP contribution in [-0.4, -0.2) is 9.97 Å². The molecule has 136 valence electrons. The molecule has 0 saturated heterocycles.